The number of rotatable bonds is 5. The second-order valence-electron chi connectivity index (χ2n) is 5.21. The highest BCUT2D eigenvalue weighted by Gasteiger charge is 2.21. The van der Waals surface area contributed by atoms with Gasteiger partial charge in [0, 0.05) is 18.3 Å². The number of aromatic nitrogens is 1. The van der Waals surface area contributed by atoms with Crippen molar-refractivity contribution in [3.05, 3.63) is 64.9 Å². The highest BCUT2D eigenvalue weighted by molar-refractivity contribution is 6.30. The highest BCUT2D eigenvalue weighted by atomic mass is 35.5. The number of nitrogens with zero attached hydrogens (tertiary/aromatic N) is 2. The average Bonchev–Trinajstić information content (AvgIpc) is 2.54. The molecule has 5 heteroatoms. The van der Waals surface area contributed by atoms with Crippen molar-refractivity contribution in [1.82, 2.24) is 9.88 Å². The molecule has 0 fully saturated rings. The van der Waals surface area contributed by atoms with Crippen LogP contribution in [-0.4, -0.2) is 27.9 Å². The predicted molar refractivity (Wildman–Crippen MR) is 86.5 cm³/mol. The molecule has 0 saturated heterocycles. The van der Waals surface area contributed by atoms with E-state index in [9.17, 15) is 9.90 Å². The maximum absolute atomic E-state index is 12.3. The van der Waals surface area contributed by atoms with Gasteiger partial charge in [-0.2, -0.15) is 0 Å². The number of aliphatic hydroxyl groups is 1. The van der Waals surface area contributed by atoms with Crippen molar-refractivity contribution in [1.29, 1.82) is 0 Å². The zero-order valence-electron chi connectivity index (χ0n) is 12.6. The average molecular weight is 319 g/mol. The molecule has 0 aliphatic heterocycles. The van der Waals surface area contributed by atoms with Crippen molar-refractivity contribution in [2.45, 2.75) is 25.5 Å². The minimum Gasteiger partial charge on any atom is -0.388 e. The SMILES string of the molecule is CC(c1ccccn1)N(C)C(=O)CC(O)c1ccc(Cl)cc1. The van der Waals surface area contributed by atoms with Crippen LogP contribution in [-0.2, 0) is 4.79 Å². The van der Waals surface area contributed by atoms with E-state index in [1.807, 2.05) is 25.1 Å². The maximum atomic E-state index is 12.3. The Labute approximate surface area is 135 Å². The third-order valence-corrected chi connectivity index (χ3v) is 3.96. The van der Waals surface area contributed by atoms with E-state index in [0.717, 1.165) is 5.69 Å². The summed E-state index contributed by atoms with van der Waals surface area (Å²) in [5, 5.41) is 10.8. The second kappa shape index (κ2) is 7.38. The molecule has 0 aliphatic carbocycles. The Kier molecular flexibility index (Phi) is 5.52. The van der Waals surface area contributed by atoms with E-state index in [0.29, 0.717) is 10.6 Å². The zero-order chi connectivity index (χ0) is 16.1. The smallest absolute Gasteiger partial charge is 0.225 e. The lowest BCUT2D eigenvalue weighted by atomic mass is 10.1. The third-order valence-electron chi connectivity index (χ3n) is 3.71. The quantitative estimate of drug-likeness (QED) is 0.919. The lowest BCUT2D eigenvalue weighted by molar-refractivity contribution is -0.134. The number of carbonyl (C=O) groups is 1. The largest absolute Gasteiger partial charge is 0.388 e. The lowest BCUT2D eigenvalue weighted by Gasteiger charge is -2.25. The van der Waals surface area contributed by atoms with Gasteiger partial charge in [0.05, 0.1) is 24.3 Å². The fraction of sp³-hybridized carbons (Fsp3) is 0.294. The molecule has 22 heavy (non-hydrogen) atoms. The van der Waals surface area contributed by atoms with Crippen molar-refractivity contribution in [2.24, 2.45) is 0 Å². The molecular weight excluding hydrogens is 300 g/mol. The van der Waals surface area contributed by atoms with Gasteiger partial charge in [-0.25, -0.2) is 0 Å². The normalized spacial score (nSPS) is 13.5. The van der Waals surface area contributed by atoms with Gasteiger partial charge < -0.3 is 10.0 Å². The Morgan fingerprint density at radius 3 is 2.55 bits per heavy atom. The Hall–Kier alpha value is -1.91. The van der Waals surface area contributed by atoms with Crippen molar-refractivity contribution < 1.29 is 9.90 Å². The van der Waals surface area contributed by atoms with Crippen LogP contribution in [0.25, 0.3) is 0 Å². The Morgan fingerprint density at radius 2 is 1.95 bits per heavy atom. The van der Waals surface area contributed by atoms with Crippen molar-refractivity contribution in [2.75, 3.05) is 7.05 Å². The van der Waals surface area contributed by atoms with Crippen LogP contribution < -0.4 is 0 Å². The van der Waals surface area contributed by atoms with E-state index in [1.165, 1.54) is 0 Å². The van der Waals surface area contributed by atoms with Crippen LogP contribution in [0, 0.1) is 0 Å². The molecule has 1 heterocycles. The molecule has 1 aromatic heterocycles. The number of carbonyl (C=O) groups excluding carboxylic acids is 1. The summed E-state index contributed by atoms with van der Waals surface area (Å²) in [6, 6.07) is 12.3. The zero-order valence-corrected chi connectivity index (χ0v) is 13.4. The summed E-state index contributed by atoms with van der Waals surface area (Å²) < 4.78 is 0. The molecule has 0 saturated carbocycles. The first kappa shape index (κ1) is 16.5. The van der Waals surface area contributed by atoms with Crippen LogP contribution in [0.1, 0.15) is 36.7 Å². The van der Waals surface area contributed by atoms with Gasteiger partial charge >= 0.3 is 0 Å². The van der Waals surface area contributed by atoms with Crippen molar-refractivity contribution in [3.63, 3.8) is 0 Å². The fourth-order valence-electron chi connectivity index (χ4n) is 2.15. The van der Waals surface area contributed by atoms with Crippen LogP contribution in [0.5, 0.6) is 0 Å². The first-order valence-electron chi connectivity index (χ1n) is 7.09. The summed E-state index contributed by atoms with van der Waals surface area (Å²) in [4.78, 5) is 18.2. The van der Waals surface area contributed by atoms with Gasteiger partial charge in [-0.1, -0.05) is 29.8 Å². The maximum Gasteiger partial charge on any atom is 0.225 e. The number of benzene rings is 1. The van der Waals surface area contributed by atoms with E-state index >= 15 is 0 Å². The molecule has 1 aromatic carbocycles. The molecule has 2 aromatic rings. The van der Waals surface area contributed by atoms with E-state index in [-0.39, 0.29) is 18.4 Å². The number of hydrogen-bond donors (Lipinski definition) is 1. The van der Waals surface area contributed by atoms with Gasteiger partial charge in [-0.05, 0) is 36.8 Å². The third kappa shape index (κ3) is 4.06. The predicted octanol–water partition coefficient (Wildman–Crippen LogP) is 3.38. The van der Waals surface area contributed by atoms with Gasteiger partial charge in [0.25, 0.3) is 0 Å². The minimum absolute atomic E-state index is 0.0231. The van der Waals surface area contributed by atoms with Crippen LogP contribution >= 0.6 is 11.6 Å². The van der Waals surface area contributed by atoms with Crippen LogP contribution in [0.3, 0.4) is 0 Å². The Balaban J connectivity index is 2.00. The number of amides is 1. The first-order chi connectivity index (χ1) is 10.5. The summed E-state index contributed by atoms with van der Waals surface area (Å²) in [6.07, 6.45) is 0.880. The van der Waals surface area contributed by atoms with Crippen molar-refractivity contribution >= 4 is 17.5 Å². The van der Waals surface area contributed by atoms with Crippen molar-refractivity contribution in [3.8, 4) is 0 Å². The molecular formula is C17H19ClN2O2. The Bertz CT molecular complexity index is 616. The van der Waals surface area contributed by atoms with E-state index in [4.69, 9.17) is 11.6 Å². The first-order valence-corrected chi connectivity index (χ1v) is 7.47. The number of halogens is 1. The van der Waals surface area contributed by atoms with E-state index in [2.05, 4.69) is 4.98 Å². The molecule has 2 unspecified atom stereocenters. The molecule has 0 spiro atoms. The van der Waals surface area contributed by atoms with Crippen LogP contribution in [0.2, 0.25) is 5.02 Å². The van der Waals surface area contributed by atoms with Crippen LogP contribution in [0.15, 0.2) is 48.7 Å². The van der Waals surface area contributed by atoms with Gasteiger partial charge in [0.15, 0.2) is 0 Å². The number of aliphatic hydroxyl groups excluding tert-OH is 1. The summed E-state index contributed by atoms with van der Waals surface area (Å²) >= 11 is 5.82. The number of pyridine rings is 1. The molecule has 116 valence electrons. The summed E-state index contributed by atoms with van der Waals surface area (Å²) in [7, 11) is 1.72. The lowest BCUT2D eigenvalue weighted by Crippen LogP contribution is -2.31. The van der Waals surface area contributed by atoms with Crippen LogP contribution in [0.4, 0.5) is 0 Å². The fourth-order valence-corrected chi connectivity index (χ4v) is 2.28. The monoisotopic (exact) mass is 318 g/mol. The molecule has 1 N–H and O–H groups in total. The van der Waals surface area contributed by atoms with Gasteiger partial charge in [-0.3, -0.25) is 9.78 Å². The minimum atomic E-state index is -0.844. The highest BCUT2D eigenvalue weighted by Crippen LogP contribution is 2.22. The van der Waals surface area contributed by atoms with Gasteiger partial charge in [-0.15, -0.1) is 0 Å². The standard InChI is InChI=1S/C17H19ClN2O2/c1-12(15-5-3-4-10-19-15)20(2)17(22)11-16(21)13-6-8-14(18)9-7-13/h3-10,12,16,21H,11H2,1-2H3. The summed E-state index contributed by atoms with van der Waals surface area (Å²) in [6.45, 7) is 1.91. The molecule has 0 bridgehead atoms. The van der Waals surface area contributed by atoms with E-state index < -0.39 is 6.10 Å². The topological polar surface area (TPSA) is 53.4 Å². The molecule has 4 nitrogen and oxygen atoms in total. The van der Waals surface area contributed by atoms with E-state index in [1.54, 1.807) is 42.4 Å². The Morgan fingerprint density at radius 1 is 1.27 bits per heavy atom. The summed E-state index contributed by atoms with van der Waals surface area (Å²) in [5.74, 6) is -0.138. The molecule has 2 atom stereocenters. The second-order valence-corrected chi connectivity index (χ2v) is 5.64. The molecule has 0 aliphatic rings. The molecule has 0 radical (unpaired) electrons. The molecule has 1 amide bonds. The number of hydrogen-bond acceptors (Lipinski definition) is 3. The molecule has 2 rings (SSSR count). The summed E-state index contributed by atoms with van der Waals surface area (Å²) in [5.41, 5.74) is 1.50. The van der Waals surface area contributed by atoms with Gasteiger partial charge in [0.1, 0.15) is 0 Å². The van der Waals surface area contributed by atoms with Gasteiger partial charge in [0.2, 0.25) is 5.91 Å².